The molecule has 140 valence electrons. The lowest BCUT2D eigenvalue weighted by Crippen LogP contribution is -2.30. The van der Waals surface area contributed by atoms with Crippen LogP contribution in [0, 0.1) is 6.92 Å². The number of benzene rings is 1. The van der Waals surface area contributed by atoms with Crippen molar-refractivity contribution < 1.29 is 4.74 Å². The Labute approximate surface area is 160 Å². The maximum absolute atomic E-state index is 6.60. The quantitative estimate of drug-likeness (QED) is 0.821. The summed E-state index contributed by atoms with van der Waals surface area (Å²) >= 11 is 6.60. The number of aryl methyl sites for hydroxylation is 1. The summed E-state index contributed by atoms with van der Waals surface area (Å²) in [5.74, 6) is 2.03. The van der Waals surface area contributed by atoms with Crippen molar-refractivity contribution in [2.24, 2.45) is 0 Å². The average Bonchev–Trinajstić information content (AvgIpc) is 2.81. The van der Waals surface area contributed by atoms with Crippen LogP contribution in [0.25, 0.3) is 0 Å². The van der Waals surface area contributed by atoms with Gasteiger partial charge in [-0.05, 0) is 57.4 Å². The van der Waals surface area contributed by atoms with Gasteiger partial charge in [-0.25, -0.2) is 4.98 Å². The topological polar surface area (TPSA) is 64.3 Å². The Morgan fingerprint density at radius 3 is 2.73 bits per heavy atom. The molecule has 1 aromatic carbocycles. The van der Waals surface area contributed by atoms with Crippen LogP contribution in [0.4, 0.5) is 11.8 Å². The van der Waals surface area contributed by atoms with E-state index < -0.39 is 0 Å². The van der Waals surface area contributed by atoms with Gasteiger partial charge in [-0.1, -0.05) is 24.4 Å². The summed E-state index contributed by atoms with van der Waals surface area (Å²) in [5, 5.41) is 0.761. The van der Waals surface area contributed by atoms with Crippen LogP contribution in [-0.4, -0.2) is 22.6 Å². The van der Waals surface area contributed by atoms with Gasteiger partial charge in [0.15, 0.2) is 0 Å². The van der Waals surface area contributed by atoms with Gasteiger partial charge >= 0.3 is 0 Å². The summed E-state index contributed by atoms with van der Waals surface area (Å²) in [7, 11) is 0. The van der Waals surface area contributed by atoms with Crippen molar-refractivity contribution in [1.29, 1.82) is 0 Å². The third-order valence-electron chi connectivity index (χ3n) is 4.60. The van der Waals surface area contributed by atoms with Gasteiger partial charge in [0.05, 0.1) is 12.1 Å². The van der Waals surface area contributed by atoms with Crippen LogP contribution in [-0.2, 0) is 0 Å². The molecule has 0 radical (unpaired) electrons. The molecule has 0 spiro atoms. The number of hydrogen-bond donors (Lipinski definition) is 1. The third-order valence-corrected chi connectivity index (χ3v) is 4.95. The molecule has 5 nitrogen and oxygen atoms in total. The predicted octanol–water partition coefficient (Wildman–Crippen LogP) is 4.93. The fourth-order valence-corrected chi connectivity index (χ4v) is 3.79. The van der Waals surface area contributed by atoms with Crippen LogP contribution >= 0.6 is 11.6 Å². The number of nitrogens with zero attached hydrogens (tertiary/aromatic N) is 3. The number of aromatic nitrogens is 2. The molecule has 2 aromatic rings. The minimum atomic E-state index is 0.124. The molecule has 26 heavy (non-hydrogen) atoms. The Bertz CT molecular complexity index is 745. The zero-order valence-corrected chi connectivity index (χ0v) is 16.5. The number of nitrogens with two attached hydrogens (primary N) is 1. The van der Waals surface area contributed by atoms with Gasteiger partial charge in [0.25, 0.3) is 0 Å². The zero-order chi connectivity index (χ0) is 18.7. The minimum absolute atomic E-state index is 0.124. The molecule has 0 bridgehead atoms. The van der Waals surface area contributed by atoms with Crippen molar-refractivity contribution in [1.82, 2.24) is 9.97 Å². The zero-order valence-electron chi connectivity index (χ0n) is 15.7. The Morgan fingerprint density at radius 2 is 2.00 bits per heavy atom. The Balaban J connectivity index is 2.01. The van der Waals surface area contributed by atoms with Gasteiger partial charge < -0.3 is 15.4 Å². The highest BCUT2D eigenvalue weighted by atomic mass is 35.5. The second-order valence-electron chi connectivity index (χ2n) is 7.13. The van der Waals surface area contributed by atoms with E-state index in [2.05, 4.69) is 20.9 Å². The Morgan fingerprint density at radius 1 is 1.19 bits per heavy atom. The lowest BCUT2D eigenvalue weighted by molar-refractivity contribution is 0.242. The summed E-state index contributed by atoms with van der Waals surface area (Å²) in [6.45, 7) is 6.92. The molecule has 1 fully saturated rings. The van der Waals surface area contributed by atoms with Gasteiger partial charge in [0, 0.05) is 23.3 Å². The SMILES string of the molecule is Cc1cc(N2CCCCC[C@@H]2c2cc(OC(C)C)ccc2Cl)nc(N)n1. The van der Waals surface area contributed by atoms with Gasteiger partial charge in [0.1, 0.15) is 11.6 Å². The predicted molar refractivity (Wildman–Crippen MR) is 107 cm³/mol. The van der Waals surface area contributed by atoms with Crippen LogP contribution < -0.4 is 15.4 Å². The number of anilines is 2. The summed E-state index contributed by atoms with van der Waals surface area (Å²) in [6.07, 6.45) is 4.63. The molecular formula is C20H27ClN4O. The molecule has 6 heteroatoms. The van der Waals surface area contributed by atoms with Crippen LogP contribution in [0.2, 0.25) is 5.02 Å². The molecule has 2 heterocycles. The number of rotatable bonds is 4. The molecule has 0 saturated carbocycles. The van der Waals surface area contributed by atoms with Gasteiger partial charge in [-0.15, -0.1) is 0 Å². The van der Waals surface area contributed by atoms with E-state index in [4.69, 9.17) is 22.1 Å². The fraction of sp³-hybridized carbons (Fsp3) is 0.500. The summed E-state index contributed by atoms with van der Waals surface area (Å²) in [4.78, 5) is 11.0. The summed E-state index contributed by atoms with van der Waals surface area (Å²) in [5.41, 5.74) is 7.86. The molecule has 3 rings (SSSR count). The van der Waals surface area contributed by atoms with Crippen LogP contribution in [0.15, 0.2) is 24.3 Å². The number of hydrogen-bond acceptors (Lipinski definition) is 5. The smallest absolute Gasteiger partial charge is 0.222 e. The normalized spacial score (nSPS) is 18.0. The van der Waals surface area contributed by atoms with E-state index in [-0.39, 0.29) is 12.1 Å². The van der Waals surface area contributed by atoms with E-state index >= 15 is 0 Å². The lowest BCUT2D eigenvalue weighted by Gasteiger charge is -2.32. The van der Waals surface area contributed by atoms with E-state index in [1.54, 1.807) is 0 Å². The van der Waals surface area contributed by atoms with Crippen molar-refractivity contribution in [3.8, 4) is 5.75 Å². The second-order valence-corrected chi connectivity index (χ2v) is 7.54. The van der Waals surface area contributed by atoms with Gasteiger partial charge in [-0.3, -0.25) is 0 Å². The summed E-state index contributed by atoms with van der Waals surface area (Å²) in [6, 6.07) is 8.07. The Kier molecular flexibility index (Phi) is 5.87. The Hall–Kier alpha value is -2.01. The van der Waals surface area contributed by atoms with Crippen molar-refractivity contribution in [2.45, 2.75) is 58.6 Å². The van der Waals surface area contributed by atoms with E-state index in [0.717, 1.165) is 53.7 Å². The monoisotopic (exact) mass is 374 g/mol. The third kappa shape index (κ3) is 4.39. The highest BCUT2D eigenvalue weighted by Gasteiger charge is 2.26. The molecule has 1 aliphatic rings. The molecule has 1 saturated heterocycles. The molecular weight excluding hydrogens is 348 g/mol. The molecule has 0 unspecified atom stereocenters. The highest BCUT2D eigenvalue weighted by Crippen LogP contribution is 2.38. The molecule has 1 atom stereocenters. The largest absolute Gasteiger partial charge is 0.491 e. The maximum Gasteiger partial charge on any atom is 0.222 e. The van der Waals surface area contributed by atoms with E-state index in [1.807, 2.05) is 39.0 Å². The first-order chi connectivity index (χ1) is 12.4. The lowest BCUT2D eigenvalue weighted by atomic mass is 10.00. The number of nitrogen functional groups attached to an aromatic ring is 1. The van der Waals surface area contributed by atoms with Crippen molar-refractivity contribution in [3.05, 3.63) is 40.5 Å². The van der Waals surface area contributed by atoms with E-state index in [0.29, 0.717) is 5.95 Å². The van der Waals surface area contributed by atoms with Crippen molar-refractivity contribution in [2.75, 3.05) is 17.2 Å². The molecule has 1 aromatic heterocycles. The number of ether oxygens (including phenoxy) is 1. The molecule has 0 aliphatic carbocycles. The van der Waals surface area contributed by atoms with Crippen LogP contribution in [0.1, 0.15) is 56.8 Å². The second kappa shape index (κ2) is 8.12. The minimum Gasteiger partial charge on any atom is -0.491 e. The van der Waals surface area contributed by atoms with Crippen LogP contribution in [0.3, 0.4) is 0 Å². The maximum atomic E-state index is 6.60. The highest BCUT2D eigenvalue weighted by molar-refractivity contribution is 6.31. The molecule has 0 amide bonds. The number of halogens is 1. The van der Waals surface area contributed by atoms with Crippen molar-refractivity contribution in [3.63, 3.8) is 0 Å². The first kappa shape index (κ1) is 18.8. The first-order valence-corrected chi connectivity index (χ1v) is 9.65. The fourth-order valence-electron chi connectivity index (χ4n) is 3.55. The van der Waals surface area contributed by atoms with Gasteiger partial charge in [-0.2, -0.15) is 4.98 Å². The van der Waals surface area contributed by atoms with Crippen LogP contribution in [0.5, 0.6) is 5.75 Å². The van der Waals surface area contributed by atoms with Gasteiger partial charge in [0.2, 0.25) is 5.95 Å². The first-order valence-electron chi connectivity index (χ1n) is 9.28. The summed E-state index contributed by atoms with van der Waals surface area (Å²) < 4.78 is 5.89. The standard InChI is InChI=1S/C20H27ClN4O/c1-13(2)26-15-8-9-17(21)16(12-15)18-7-5-4-6-10-25(18)19-11-14(3)23-20(22)24-19/h8-9,11-13,18H,4-7,10H2,1-3H3,(H2,22,23,24)/t18-/m1/s1. The van der Waals surface area contributed by atoms with Crippen molar-refractivity contribution >= 4 is 23.4 Å². The average molecular weight is 375 g/mol. The molecule has 1 aliphatic heterocycles. The molecule has 2 N–H and O–H groups in total. The van der Waals surface area contributed by atoms with E-state index in [1.165, 1.54) is 6.42 Å². The van der Waals surface area contributed by atoms with E-state index in [9.17, 15) is 0 Å².